The van der Waals surface area contributed by atoms with E-state index in [0.29, 0.717) is 12.7 Å². The second-order valence-electron chi connectivity index (χ2n) is 2.82. The summed E-state index contributed by atoms with van der Waals surface area (Å²) in [6, 6.07) is 1.96. The molecule has 2 rings (SSSR count). The molecule has 1 saturated heterocycles. The number of halogens is 1. The quantitative estimate of drug-likeness (QED) is 0.810. The van der Waals surface area contributed by atoms with Crippen LogP contribution in [-0.2, 0) is 11.3 Å². The van der Waals surface area contributed by atoms with Crippen LogP contribution in [-0.4, -0.2) is 19.2 Å². The van der Waals surface area contributed by atoms with Gasteiger partial charge in [0.2, 0.25) is 0 Å². The molecule has 0 unspecified atom stereocenters. The molecule has 0 aliphatic carbocycles. The molecule has 0 bridgehead atoms. The summed E-state index contributed by atoms with van der Waals surface area (Å²) in [6.07, 6.45) is 0.408. The highest BCUT2D eigenvalue weighted by Gasteiger charge is 2.16. The van der Waals surface area contributed by atoms with E-state index in [1.165, 1.54) is 4.88 Å². The van der Waals surface area contributed by atoms with Gasteiger partial charge in [-0.15, -0.1) is 11.3 Å². The van der Waals surface area contributed by atoms with Crippen molar-refractivity contribution in [2.45, 2.75) is 12.7 Å². The first-order valence-electron chi connectivity index (χ1n) is 3.90. The van der Waals surface area contributed by atoms with Crippen molar-refractivity contribution >= 4 is 22.9 Å². The topological polar surface area (TPSA) is 21.3 Å². The number of rotatable bonds is 3. The van der Waals surface area contributed by atoms with Gasteiger partial charge in [0.1, 0.15) is 0 Å². The maximum atomic E-state index is 5.77. The molecule has 0 aromatic carbocycles. The molecule has 1 aliphatic rings. The molecule has 0 atom stereocenters. The van der Waals surface area contributed by atoms with Crippen LogP contribution in [0.25, 0.3) is 0 Å². The predicted octanol–water partition coefficient (Wildman–Crippen LogP) is 1.89. The lowest BCUT2D eigenvalue weighted by molar-refractivity contribution is 0.00888. The molecular weight excluding hydrogens is 194 g/mol. The van der Waals surface area contributed by atoms with Crippen molar-refractivity contribution in [3.63, 3.8) is 0 Å². The zero-order valence-corrected chi connectivity index (χ0v) is 8.12. The van der Waals surface area contributed by atoms with Crippen molar-refractivity contribution in [2.24, 2.45) is 0 Å². The Hall–Kier alpha value is -0.0900. The molecule has 0 amide bonds. The van der Waals surface area contributed by atoms with Crippen molar-refractivity contribution < 1.29 is 4.74 Å². The van der Waals surface area contributed by atoms with Gasteiger partial charge < -0.3 is 10.1 Å². The van der Waals surface area contributed by atoms with E-state index in [-0.39, 0.29) is 0 Å². The summed E-state index contributed by atoms with van der Waals surface area (Å²) in [5.41, 5.74) is 0. The Balaban J connectivity index is 1.79. The molecule has 4 heteroatoms. The van der Waals surface area contributed by atoms with Gasteiger partial charge in [0, 0.05) is 23.3 Å². The second-order valence-corrected chi connectivity index (χ2v) is 4.25. The largest absolute Gasteiger partial charge is 0.370 e. The zero-order chi connectivity index (χ0) is 8.39. The SMILES string of the molecule is Clc1csc(COC2CNC2)c1. The minimum atomic E-state index is 0.408. The molecule has 1 fully saturated rings. The predicted molar refractivity (Wildman–Crippen MR) is 50.8 cm³/mol. The van der Waals surface area contributed by atoms with E-state index in [9.17, 15) is 0 Å². The van der Waals surface area contributed by atoms with Crippen molar-refractivity contribution in [2.75, 3.05) is 13.1 Å². The maximum absolute atomic E-state index is 5.77. The highest BCUT2D eigenvalue weighted by Crippen LogP contribution is 2.20. The van der Waals surface area contributed by atoms with Gasteiger partial charge in [0.15, 0.2) is 0 Å². The van der Waals surface area contributed by atoms with Crippen LogP contribution in [0.4, 0.5) is 0 Å². The summed E-state index contributed by atoms with van der Waals surface area (Å²) in [5, 5.41) is 5.90. The number of hydrogen-bond acceptors (Lipinski definition) is 3. The van der Waals surface area contributed by atoms with Crippen LogP contribution < -0.4 is 5.32 Å². The van der Waals surface area contributed by atoms with E-state index in [4.69, 9.17) is 16.3 Å². The van der Waals surface area contributed by atoms with Gasteiger partial charge in [-0.2, -0.15) is 0 Å². The van der Waals surface area contributed by atoms with Gasteiger partial charge in [-0.3, -0.25) is 0 Å². The molecule has 0 radical (unpaired) electrons. The molecule has 1 N–H and O–H groups in total. The number of nitrogens with one attached hydrogen (secondary N) is 1. The minimum Gasteiger partial charge on any atom is -0.370 e. The van der Waals surface area contributed by atoms with Gasteiger partial charge in [-0.1, -0.05) is 11.6 Å². The summed E-state index contributed by atoms with van der Waals surface area (Å²) in [5.74, 6) is 0. The molecule has 2 heterocycles. The van der Waals surface area contributed by atoms with Gasteiger partial charge in [0.25, 0.3) is 0 Å². The third-order valence-electron chi connectivity index (χ3n) is 1.83. The van der Waals surface area contributed by atoms with Crippen molar-refractivity contribution in [3.05, 3.63) is 21.3 Å². The molecule has 12 heavy (non-hydrogen) atoms. The maximum Gasteiger partial charge on any atom is 0.0828 e. The molecule has 66 valence electrons. The second kappa shape index (κ2) is 3.75. The lowest BCUT2D eigenvalue weighted by Gasteiger charge is -2.26. The molecule has 1 aromatic rings. The van der Waals surface area contributed by atoms with Crippen molar-refractivity contribution in [3.8, 4) is 0 Å². The van der Waals surface area contributed by atoms with Crippen LogP contribution in [0, 0.1) is 0 Å². The molecule has 0 saturated carbocycles. The first-order chi connectivity index (χ1) is 5.84. The van der Waals surface area contributed by atoms with Gasteiger partial charge >= 0.3 is 0 Å². The standard InChI is InChI=1S/C8H10ClNOS/c9-6-1-8(12-5-6)4-11-7-2-10-3-7/h1,5,7,10H,2-4H2. The average Bonchev–Trinajstić information content (AvgIpc) is 2.32. The van der Waals surface area contributed by atoms with Gasteiger partial charge in [0.05, 0.1) is 17.7 Å². The summed E-state index contributed by atoms with van der Waals surface area (Å²) in [4.78, 5) is 1.20. The normalized spacial score (nSPS) is 17.8. The Kier molecular flexibility index (Phi) is 2.66. The molecule has 2 nitrogen and oxygen atoms in total. The number of ether oxygens (including phenoxy) is 1. The third-order valence-corrected chi connectivity index (χ3v) is 3.08. The van der Waals surface area contributed by atoms with Crippen LogP contribution in [0.2, 0.25) is 5.02 Å². The summed E-state index contributed by atoms with van der Waals surface area (Å²) in [6.45, 7) is 2.67. The fourth-order valence-electron chi connectivity index (χ4n) is 1.01. The molecule has 0 spiro atoms. The van der Waals surface area contributed by atoms with E-state index in [0.717, 1.165) is 18.1 Å². The number of hydrogen-bond donors (Lipinski definition) is 1. The van der Waals surface area contributed by atoms with Crippen molar-refractivity contribution in [1.82, 2.24) is 5.32 Å². The van der Waals surface area contributed by atoms with Gasteiger partial charge in [-0.25, -0.2) is 0 Å². The van der Waals surface area contributed by atoms with Crippen LogP contribution in [0.1, 0.15) is 4.88 Å². The fraction of sp³-hybridized carbons (Fsp3) is 0.500. The third kappa shape index (κ3) is 1.98. The fourth-order valence-corrected chi connectivity index (χ4v) is 2.00. The summed E-state index contributed by atoms with van der Waals surface area (Å²) >= 11 is 7.41. The van der Waals surface area contributed by atoms with Crippen molar-refractivity contribution in [1.29, 1.82) is 0 Å². The number of thiophene rings is 1. The lowest BCUT2D eigenvalue weighted by atomic mass is 10.2. The van der Waals surface area contributed by atoms with Crippen LogP contribution in [0.3, 0.4) is 0 Å². The molecule has 1 aromatic heterocycles. The van der Waals surface area contributed by atoms with Gasteiger partial charge in [-0.05, 0) is 6.07 Å². The summed E-state index contributed by atoms with van der Waals surface area (Å²) in [7, 11) is 0. The van der Waals surface area contributed by atoms with E-state index >= 15 is 0 Å². The van der Waals surface area contributed by atoms with E-state index in [1.54, 1.807) is 11.3 Å². The smallest absolute Gasteiger partial charge is 0.0828 e. The molecule has 1 aliphatic heterocycles. The van der Waals surface area contributed by atoms with Crippen LogP contribution >= 0.6 is 22.9 Å². The first kappa shape index (κ1) is 8.51. The van der Waals surface area contributed by atoms with E-state index < -0.39 is 0 Å². The average molecular weight is 204 g/mol. The van der Waals surface area contributed by atoms with Crippen LogP contribution in [0.5, 0.6) is 0 Å². The van der Waals surface area contributed by atoms with Crippen LogP contribution in [0.15, 0.2) is 11.4 Å². The Labute approximate surface area is 80.5 Å². The Bertz CT molecular complexity index is 259. The highest BCUT2D eigenvalue weighted by molar-refractivity contribution is 7.10. The Morgan fingerprint density at radius 3 is 3.00 bits per heavy atom. The first-order valence-corrected chi connectivity index (χ1v) is 5.15. The Morgan fingerprint density at radius 2 is 2.50 bits per heavy atom. The Morgan fingerprint density at radius 1 is 1.67 bits per heavy atom. The summed E-state index contributed by atoms with van der Waals surface area (Å²) < 4.78 is 5.57. The minimum absolute atomic E-state index is 0.408. The monoisotopic (exact) mass is 203 g/mol. The molecular formula is C8H10ClNOS. The highest BCUT2D eigenvalue weighted by atomic mass is 35.5. The lowest BCUT2D eigenvalue weighted by Crippen LogP contribution is -2.48. The zero-order valence-electron chi connectivity index (χ0n) is 6.55. The van der Waals surface area contributed by atoms with E-state index in [2.05, 4.69) is 5.32 Å². The van der Waals surface area contributed by atoms with E-state index in [1.807, 2.05) is 11.4 Å².